The van der Waals surface area contributed by atoms with E-state index >= 15 is 0 Å². The van der Waals surface area contributed by atoms with Gasteiger partial charge in [-0.15, -0.1) is 0 Å². The zero-order chi connectivity index (χ0) is 14.0. The SMILES string of the molecule is CCC1(C(=O)N2CCOC3CCCCC32)CCCNC1. The van der Waals surface area contributed by atoms with E-state index < -0.39 is 0 Å². The highest BCUT2D eigenvalue weighted by atomic mass is 16.5. The van der Waals surface area contributed by atoms with Crippen LogP contribution in [-0.4, -0.2) is 49.2 Å². The topological polar surface area (TPSA) is 41.6 Å². The van der Waals surface area contributed by atoms with Crippen LogP contribution in [0.25, 0.3) is 0 Å². The molecule has 1 N–H and O–H groups in total. The zero-order valence-corrected chi connectivity index (χ0v) is 12.7. The van der Waals surface area contributed by atoms with Gasteiger partial charge in [0.2, 0.25) is 5.91 Å². The number of nitrogens with one attached hydrogen (secondary N) is 1. The Bertz CT molecular complexity index is 350. The van der Waals surface area contributed by atoms with Crippen LogP contribution in [-0.2, 0) is 9.53 Å². The van der Waals surface area contributed by atoms with Gasteiger partial charge in [-0.2, -0.15) is 0 Å². The van der Waals surface area contributed by atoms with E-state index in [1.165, 1.54) is 12.8 Å². The van der Waals surface area contributed by atoms with Crippen molar-refractivity contribution in [3.8, 4) is 0 Å². The van der Waals surface area contributed by atoms with Crippen LogP contribution in [0.4, 0.5) is 0 Å². The maximum absolute atomic E-state index is 13.2. The smallest absolute Gasteiger partial charge is 0.230 e. The number of morpholine rings is 1. The van der Waals surface area contributed by atoms with E-state index in [-0.39, 0.29) is 5.41 Å². The lowest BCUT2D eigenvalue weighted by atomic mass is 9.76. The van der Waals surface area contributed by atoms with Crippen LogP contribution in [0.2, 0.25) is 0 Å². The molecule has 0 aromatic carbocycles. The summed E-state index contributed by atoms with van der Waals surface area (Å²) < 4.78 is 5.91. The standard InChI is InChI=1S/C16H28N2O2/c1-2-16(8-5-9-17-12-16)15(19)18-10-11-20-14-7-4-3-6-13(14)18/h13-14,17H,2-12H2,1H3. The number of amides is 1. The van der Waals surface area contributed by atoms with Crippen molar-refractivity contribution in [3.05, 3.63) is 0 Å². The zero-order valence-electron chi connectivity index (χ0n) is 12.7. The highest BCUT2D eigenvalue weighted by Gasteiger charge is 2.45. The molecule has 4 heteroatoms. The summed E-state index contributed by atoms with van der Waals surface area (Å²) >= 11 is 0. The van der Waals surface area contributed by atoms with Crippen LogP contribution >= 0.6 is 0 Å². The molecule has 3 aliphatic rings. The van der Waals surface area contributed by atoms with Gasteiger partial charge < -0.3 is 15.0 Å². The molecular weight excluding hydrogens is 252 g/mol. The second kappa shape index (κ2) is 6.02. The van der Waals surface area contributed by atoms with Crippen molar-refractivity contribution >= 4 is 5.91 Å². The Hall–Kier alpha value is -0.610. The first kappa shape index (κ1) is 14.3. The van der Waals surface area contributed by atoms with E-state index in [4.69, 9.17) is 4.74 Å². The van der Waals surface area contributed by atoms with Gasteiger partial charge in [-0.3, -0.25) is 4.79 Å². The number of fused-ring (bicyclic) bond motifs is 1. The molecule has 0 radical (unpaired) electrons. The van der Waals surface area contributed by atoms with E-state index in [1.807, 2.05) is 0 Å². The normalized spacial score (nSPS) is 38.4. The second-order valence-corrected chi connectivity index (χ2v) is 6.67. The minimum Gasteiger partial charge on any atom is -0.374 e. The van der Waals surface area contributed by atoms with Gasteiger partial charge in [0.1, 0.15) is 0 Å². The van der Waals surface area contributed by atoms with Gasteiger partial charge in [-0.25, -0.2) is 0 Å². The van der Waals surface area contributed by atoms with Gasteiger partial charge in [0, 0.05) is 13.1 Å². The molecule has 0 spiro atoms. The molecule has 3 atom stereocenters. The van der Waals surface area contributed by atoms with Crippen LogP contribution in [0.5, 0.6) is 0 Å². The maximum Gasteiger partial charge on any atom is 0.230 e. The van der Waals surface area contributed by atoms with Crippen molar-refractivity contribution in [1.82, 2.24) is 10.2 Å². The average Bonchev–Trinajstić information content (AvgIpc) is 2.54. The van der Waals surface area contributed by atoms with Crippen molar-refractivity contribution in [3.63, 3.8) is 0 Å². The first-order valence-electron chi connectivity index (χ1n) is 8.40. The quantitative estimate of drug-likeness (QED) is 0.840. The van der Waals surface area contributed by atoms with Gasteiger partial charge in [0.25, 0.3) is 0 Å². The number of ether oxygens (including phenoxy) is 1. The minimum absolute atomic E-state index is 0.155. The minimum atomic E-state index is -0.155. The molecule has 2 saturated heterocycles. The summed E-state index contributed by atoms with van der Waals surface area (Å²) in [6.07, 6.45) is 8.17. The largest absolute Gasteiger partial charge is 0.374 e. The molecule has 1 saturated carbocycles. The molecule has 3 rings (SSSR count). The van der Waals surface area contributed by atoms with Crippen LogP contribution in [0.15, 0.2) is 0 Å². The van der Waals surface area contributed by atoms with Gasteiger partial charge >= 0.3 is 0 Å². The van der Waals surface area contributed by atoms with E-state index in [1.54, 1.807) is 0 Å². The predicted molar refractivity (Wildman–Crippen MR) is 78.5 cm³/mol. The summed E-state index contributed by atoms with van der Waals surface area (Å²) in [5, 5.41) is 3.44. The van der Waals surface area contributed by atoms with Gasteiger partial charge in [0.15, 0.2) is 0 Å². The third-order valence-corrected chi connectivity index (χ3v) is 5.60. The first-order chi connectivity index (χ1) is 9.77. The van der Waals surface area contributed by atoms with E-state index in [0.717, 1.165) is 58.3 Å². The van der Waals surface area contributed by atoms with Gasteiger partial charge in [0.05, 0.1) is 24.2 Å². The Labute approximate surface area is 122 Å². The highest BCUT2D eigenvalue weighted by molar-refractivity contribution is 5.83. The van der Waals surface area contributed by atoms with Crippen LogP contribution in [0.1, 0.15) is 51.9 Å². The molecule has 1 amide bonds. The fourth-order valence-corrected chi connectivity index (χ4v) is 4.26. The maximum atomic E-state index is 13.2. The Morgan fingerprint density at radius 3 is 2.95 bits per heavy atom. The van der Waals surface area contributed by atoms with E-state index in [0.29, 0.717) is 18.1 Å². The molecule has 0 aromatic heterocycles. The number of carbonyl (C=O) groups excluding carboxylic acids is 1. The molecule has 3 fully saturated rings. The third-order valence-electron chi connectivity index (χ3n) is 5.60. The monoisotopic (exact) mass is 280 g/mol. The molecule has 0 aromatic rings. The number of hydrogen-bond acceptors (Lipinski definition) is 3. The fraction of sp³-hybridized carbons (Fsp3) is 0.938. The summed E-state index contributed by atoms with van der Waals surface area (Å²) in [4.78, 5) is 15.4. The number of piperidine rings is 1. The Morgan fingerprint density at radius 2 is 2.20 bits per heavy atom. The van der Waals surface area contributed by atoms with Crippen molar-refractivity contribution in [2.24, 2.45) is 5.41 Å². The summed E-state index contributed by atoms with van der Waals surface area (Å²) in [6, 6.07) is 0.343. The number of carbonyl (C=O) groups is 1. The van der Waals surface area contributed by atoms with Crippen molar-refractivity contribution in [2.75, 3.05) is 26.2 Å². The summed E-state index contributed by atoms with van der Waals surface area (Å²) in [7, 11) is 0. The molecule has 20 heavy (non-hydrogen) atoms. The first-order valence-corrected chi connectivity index (χ1v) is 8.40. The molecule has 114 valence electrons. The molecule has 3 unspecified atom stereocenters. The predicted octanol–water partition coefficient (Wildman–Crippen LogP) is 1.94. The number of rotatable bonds is 2. The van der Waals surface area contributed by atoms with Crippen LogP contribution < -0.4 is 5.32 Å². The lowest BCUT2D eigenvalue weighted by molar-refractivity contribution is -0.161. The van der Waals surface area contributed by atoms with Gasteiger partial charge in [-0.05, 0) is 38.6 Å². The highest BCUT2D eigenvalue weighted by Crippen LogP contribution is 2.36. The lowest BCUT2D eigenvalue weighted by Crippen LogP contribution is -2.60. The van der Waals surface area contributed by atoms with Crippen LogP contribution in [0.3, 0.4) is 0 Å². The van der Waals surface area contributed by atoms with E-state index in [2.05, 4.69) is 17.1 Å². The second-order valence-electron chi connectivity index (χ2n) is 6.67. The summed E-state index contributed by atoms with van der Waals surface area (Å²) in [5.41, 5.74) is -0.155. The number of nitrogens with zero attached hydrogens (tertiary/aromatic N) is 1. The number of hydrogen-bond donors (Lipinski definition) is 1. The Morgan fingerprint density at radius 1 is 1.35 bits per heavy atom. The Kier molecular flexibility index (Phi) is 4.32. The molecule has 0 bridgehead atoms. The fourth-order valence-electron chi connectivity index (χ4n) is 4.26. The van der Waals surface area contributed by atoms with E-state index in [9.17, 15) is 4.79 Å². The van der Waals surface area contributed by atoms with Crippen molar-refractivity contribution in [1.29, 1.82) is 0 Å². The molecule has 4 nitrogen and oxygen atoms in total. The summed E-state index contributed by atoms with van der Waals surface area (Å²) in [5.74, 6) is 0.396. The molecular formula is C16H28N2O2. The molecule has 2 heterocycles. The average molecular weight is 280 g/mol. The van der Waals surface area contributed by atoms with Crippen molar-refractivity contribution < 1.29 is 9.53 Å². The van der Waals surface area contributed by atoms with Crippen molar-refractivity contribution in [2.45, 2.75) is 64.0 Å². The van der Waals surface area contributed by atoms with Gasteiger partial charge in [-0.1, -0.05) is 19.8 Å². The molecule has 2 aliphatic heterocycles. The van der Waals surface area contributed by atoms with Crippen LogP contribution in [0, 0.1) is 5.41 Å². The molecule has 1 aliphatic carbocycles. The Balaban J connectivity index is 1.77. The summed E-state index contributed by atoms with van der Waals surface area (Å²) in [6.45, 7) is 5.60. The third kappa shape index (κ3) is 2.48. The lowest BCUT2D eigenvalue weighted by Gasteiger charge is -2.48.